The molecule has 2 nitrogen and oxygen atoms in total. The number of anilines is 1. The number of carbonyl (C=O) groups excluding carboxylic acids is 1. The second kappa shape index (κ2) is 5.02. The number of nitrogens with one attached hydrogen (secondary N) is 1. The fraction of sp³-hybridized carbons (Fsp3) is 0.250. The van der Waals surface area contributed by atoms with Crippen LogP contribution >= 0.6 is 27.5 Å². The van der Waals surface area contributed by atoms with E-state index in [-0.39, 0.29) is 5.78 Å². The summed E-state index contributed by atoms with van der Waals surface area (Å²) in [7, 11) is 0. The van der Waals surface area contributed by atoms with E-state index in [1.165, 1.54) is 0 Å². The van der Waals surface area contributed by atoms with Crippen molar-refractivity contribution >= 4 is 39.0 Å². The van der Waals surface area contributed by atoms with Gasteiger partial charge in [0.05, 0.1) is 5.02 Å². The van der Waals surface area contributed by atoms with Gasteiger partial charge in [0, 0.05) is 28.4 Å². The predicted octanol–water partition coefficient (Wildman–Crippen LogP) is 4.15. The van der Waals surface area contributed by atoms with E-state index in [0.29, 0.717) is 11.4 Å². The Morgan fingerprint density at radius 1 is 1.38 bits per heavy atom. The van der Waals surface area contributed by atoms with Crippen LogP contribution in [-0.4, -0.2) is 5.78 Å². The zero-order chi connectivity index (χ0) is 11.5. The molecule has 16 heavy (non-hydrogen) atoms. The Kier molecular flexibility index (Phi) is 3.66. The summed E-state index contributed by atoms with van der Waals surface area (Å²) < 4.78 is 0.865. The van der Waals surface area contributed by atoms with Gasteiger partial charge in [-0.25, -0.2) is 0 Å². The molecule has 0 bridgehead atoms. The molecular formula is C12H11BrClNO. The lowest BCUT2D eigenvalue weighted by atomic mass is 10.2. The van der Waals surface area contributed by atoms with E-state index < -0.39 is 0 Å². The van der Waals surface area contributed by atoms with Gasteiger partial charge >= 0.3 is 0 Å². The first-order valence-electron chi connectivity index (χ1n) is 5.10. The first-order chi connectivity index (χ1) is 7.66. The maximum Gasteiger partial charge on any atom is 0.160 e. The molecule has 1 N–H and O–H groups in total. The molecule has 0 amide bonds. The minimum Gasteiger partial charge on any atom is -0.361 e. The summed E-state index contributed by atoms with van der Waals surface area (Å²) in [4.78, 5) is 11.4. The molecule has 1 aromatic rings. The highest BCUT2D eigenvalue weighted by atomic mass is 79.9. The zero-order valence-electron chi connectivity index (χ0n) is 8.59. The minimum absolute atomic E-state index is 0.246. The molecule has 0 atom stereocenters. The number of Topliss-reactive ketones (excluding diaryl/α,β-unsaturated/α-hetero) is 1. The lowest BCUT2D eigenvalue weighted by Gasteiger charge is -2.03. The second-order valence-electron chi connectivity index (χ2n) is 3.72. The van der Waals surface area contributed by atoms with E-state index in [4.69, 9.17) is 11.6 Å². The van der Waals surface area contributed by atoms with Crippen LogP contribution in [0.25, 0.3) is 0 Å². The van der Waals surface area contributed by atoms with Crippen LogP contribution in [-0.2, 0) is 4.79 Å². The summed E-state index contributed by atoms with van der Waals surface area (Å²) in [5, 5.41) is 3.75. The third-order valence-electron chi connectivity index (χ3n) is 2.54. The molecule has 0 unspecified atom stereocenters. The normalized spacial score (nSPS) is 18.1. The molecule has 1 saturated carbocycles. The van der Waals surface area contributed by atoms with E-state index in [1.807, 2.05) is 18.2 Å². The predicted molar refractivity (Wildman–Crippen MR) is 69.7 cm³/mol. The summed E-state index contributed by atoms with van der Waals surface area (Å²) in [6.45, 7) is 0. The summed E-state index contributed by atoms with van der Waals surface area (Å²) in [6.07, 6.45) is 4.30. The quantitative estimate of drug-likeness (QED) is 0.831. The number of hydrogen-bond donors (Lipinski definition) is 1. The number of carbonyl (C=O) groups is 1. The fourth-order valence-electron chi connectivity index (χ4n) is 1.65. The van der Waals surface area contributed by atoms with Gasteiger partial charge in [-0.1, -0.05) is 11.6 Å². The molecule has 0 aliphatic heterocycles. The Bertz CT molecular complexity index is 456. The van der Waals surface area contributed by atoms with Gasteiger partial charge in [0.15, 0.2) is 5.78 Å². The molecule has 0 spiro atoms. The minimum atomic E-state index is 0.246. The van der Waals surface area contributed by atoms with Crippen molar-refractivity contribution in [1.82, 2.24) is 0 Å². The van der Waals surface area contributed by atoms with Crippen LogP contribution in [0.4, 0.5) is 5.69 Å². The Labute approximate surface area is 108 Å². The van der Waals surface area contributed by atoms with Gasteiger partial charge < -0.3 is 5.32 Å². The number of halogens is 2. The van der Waals surface area contributed by atoms with E-state index in [9.17, 15) is 4.79 Å². The average Bonchev–Trinajstić information content (AvgIpc) is 2.66. The SMILES string of the molecule is O=C1CCC/C1=C\Nc1ccc(Br)c(Cl)c1. The maximum atomic E-state index is 11.4. The number of ketones is 1. The van der Waals surface area contributed by atoms with Crippen molar-refractivity contribution in [2.75, 3.05) is 5.32 Å². The van der Waals surface area contributed by atoms with E-state index in [0.717, 1.165) is 28.6 Å². The van der Waals surface area contributed by atoms with Crippen molar-refractivity contribution in [2.24, 2.45) is 0 Å². The van der Waals surface area contributed by atoms with Crippen molar-refractivity contribution < 1.29 is 4.79 Å². The molecule has 0 saturated heterocycles. The third kappa shape index (κ3) is 2.66. The summed E-state index contributed by atoms with van der Waals surface area (Å²) in [5.74, 6) is 0.246. The van der Waals surface area contributed by atoms with Gasteiger partial charge in [0.2, 0.25) is 0 Å². The van der Waals surface area contributed by atoms with Crippen molar-refractivity contribution in [2.45, 2.75) is 19.3 Å². The molecule has 1 aliphatic carbocycles. The van der Waals surface area contributed by atoms with Gasteiger partial charge in [-0.05, 0) is 47.0 Å². The lowest BCUT2D eigenvalue weighted by molar-refractivity contribution is -0.114. The van der Waals surface area contributed by atoms with Gasteiger partial charge in [-0.15, -0.1) is 0 Å². The first-order valence-corrected chi connectivity index (χ1v) is 6.28. The monoisotopic (exact) mass is 299 g/mol. The molecule has 0 aromatic heterocycles. The molecule has 1 fully saturated rings. The van der Waals surface area contributed by atoms with E-state index >= 15 is 0 Å². The smallest absolute Gasteiger partial charge is 0.160 e. The van der Waals surface area contributed by atoms with Crippen LogP contribution < -0.4 is 5.32 Å². The highest BCUT2D eigenvalue weighted by Crippen LogP contribution is 2.26. The molecule has 84 valence electrons. The zero-order valence-corrected chi connectivity index (χ0v) is 10.9. The second-order valence-corrected chi connectivity index (χ2v) is 4.98. The van der Waals surface area contributed by atoms with Crippen LogP contribution in [0.2, 0.25) is 5.02 Å². The topological polar surface area (TPSA) is 29.1 Å². The van der Waals surface area contributed by atoms with E-state index in [2.05, 4.69) is 21.2 Å². The number of hydrogen-bond acceptors (Lipinski definition) is 2. The van der Waals surface area contributed by atoms with Gasteiger partial charge in [0.1, 0.15) is 0 Å². The van der Waals surface area contributed by atoms with E-state index in [1.54, 1.807) is 6.20 Å². The summed E-state index contributed by atoms with van der Waals surface area (Å²) >= 11 is 9.29. The van der Waals surface area contributed by atoms with Gasteiger partial charge in [0.25, 0.3) is 0 Å². The average molecular weight is 301 g/mol. The molecule has 4 heteroatoms. The molecule has 1 aliphatic rings. The standard InChI is InChI=1S/C12H11BrClNO/c13-10-5-4-9(6-11(10)14)15-7-8-2-1-3-12(8)16/h4-7,15H,1-3H2/b8-7+. The Morgan fingerprint density at radius 3 is 2.81 bits per heavy atom. The Morgan fingerprint density at radius 2 is 2.19 bits per heavy atom. The number of allylic oxidation sites excluding steroid dienone is 1. The summed E-state index contributed by atoms with van der Waals surface area (Å²) in [6, 6.07) is 5.61. The Balaban J connectivity index is 2.09. The molecular weight excluding hydrogens is 289 g/mol. The third-order valence-corrected chi connectivity index (χ3v) is 3.77. The number of benzene rings is 1. The first kappa shape index (κ1) is 11.7. The van der Waals surface area contributed by atoms with Crippen LogP contribution in [0.1, 0.15) is 19.3 Å². The fourth-order valence-corrected chi connectivity index (χ4v) is 2.08. The van der Waals surface area contributed by atoms with Crippen LogP contribution in [0.5, 0.6) is 0 Å². The number of rotatable bonds is 2. The van der Waals surface area contributed by atoms with Crippen molar-refractivity contribution in [3.63, 3.8) is 0 Å². The van der Waals surface area contributed by atoms with Crippen LogP contribution in [0.15, 0.2) is 34.4 Å². The lowest BCUT2D eigenvalue weighted by Crippen LogP contribution is -1.96. The molecule has 2 rings (SSSR count). The highest BCUT2D eigenvalue weighted by molar-refractivity contribution is 9.10. The van der Waals surface area contributed by atoms with Gasteiger partial charge in [-0.3, -0.25) is 4.79 Å². The van der Waals surface area contributed by atoms with Crippen LogP contribution in [0.3, 0.4) is 0 Å². The molecule has 0 radical (unpaired) electrons. The maximum absolute atomic E-state index is 11.4. The Hall–Kier alpha value is -0.800. The summed E-state index contributed by atoms with van der Waals surface area (Å²) in [5.41, 5.74) is 1.76. The largest absolute Gasteiger partial charge is 0.361 e. The van der Waals surface area contributed by atoms with Crippen LogP contribution in [0, 0.1) is 0 Å². The molecule has 1 aromatic carbocycles. The molecule has 0 heterocycles. The van der Waals surface area contributed by atoms with Crippen molar-refractivity contribution in [1.29, 1.82) is 0 Å². The van der Waals surface area contributed by atoms with Gasteiger partial charge in [-0.2, -0.15) is 0 Å². The highest BCUT2D eigenvalue weighted by Gasteiger charge is 2.16. The van der Waals surface area contributed by atoms with Crippen molar-refractivity contribution in [3.05, 3.63) is 39.5 Å². The van der Waals surface area contributed by atoms with Crippen molar-refractivity contribution in [3.8, 4) is 0 Å².